The minimum Gasteiger partial charge on any atom is -0.496 e. The van der Waals surface area contributed by atoms with Crippen LogP contribution in [0.25, 0.3) is 0 Å². The molecule has 1 heterocycles. The number of amides is 1. The van der Waals surface area contributed by atoms with E-state index in [4.69, 9.17) is 4.74 Å². The number of ether oxygens (including phenoxy) is 1. The van der Waals surface area contributed by atoms with E-state index in [2.05, 4.69) is 15.6 Å². The molecular formula is C21H20FN3O2. The molecule has 0 unspecified atom stereocenters. The van der Waals surface area contributed by atoms with Gasteiger partial charge in [-0.1, -0.05) is 36.4 Å². The highest BCUT2D eigenvalue weighted by Crippen LogP contribution is 2.18. The quantitative estimate of drug-likeness (QED) is 0.669. The van der Waals surface area contributed by atoms with E-state index in [1.165, 1.54) is 6.07 Å². The van der Waals surface area contributed by atoms with Crippen LogP contribution < -0.4 is 15.4 Å². The molecular weight excluding hydrogens is 345 g/mol. The molecule has 0 aliphatic heterocycles. The summed E-state index contributed by atoms with van der Waals surface area (Å²) in [6.07, 6.45) is 1.56. The van der Waals surface area contributed by atoms with Gasteiger partial charge in [0, 0.05) is 36.0 Å². The van der Waals surface area contributed by atoms with Gasteiger partial charge < -0.3 is 15.4 Å². The van der Waals surface area contributed by atoms with Crippen LogP contribution in [-0.2, 0) is 13.1 Å². The second-order valence-electron chi connectivity index (χ2n) is 5.87. The Morgan fingerprint density at radius 1 is 1.04 bits per heavy atom. The molecule has 0 aliphatic rings. The number of methoxy groups -OCH3 is 1. The van der Waals surface area contributed by atoms with Crippen molar-refractivity contribution in [2.45, 2.75) is 13.1 Å². The van der Waals surface area contributed by atoms with Crippen LogP contribution >= 0.6 is 0 Å². The molecule has 2 aromatic carbocycles. The normalized spacial score (nSPS) is 10.3. The molecule has 5 nitrogen and oxygen atoms in total. The van der Waals surface area contributed by atoms with Gasteiger partial charge in [-0.25, -0.2) is 9.37 Å². The third-order valence-electron chi connectivity index (χ3n) is 4.07. The maximum atomic E-state index is 13.6. The first-order chi connectivity index (χ1) is 13.2. The Morgan fingerprint density at radius 3 is 2.56 bits per heavy atom. The van der Waals surface area contributed by atoms with Crippen molar-refractivity contribution in [2.75, 3.05) is 12.4 Å². The predicted molar refractivity (Wildman–Crippen MR) is 102 cm³/mol. The van der Waals surface area contributed by atoms with Crippen LogP contribution in [-0.4, -0.2) is 18.0 Å². The van der Waals surface area contributed by atoms with Crippen LogP contribution in [0.2, 0.25) is 0 Å². The highest BCUT2D eigenvalue weighted by molar-refractivity contribution is 5.94. The zero-order chi connectivity index (χ0) is 19.1. The molecule has 0 fully saturated rings. The van der Waals surface area contributed by atoms with E-state index >= 15 is 0 Å². The standard InChI is InChI=1S/C21H20FN3O2/c1-27-19-9-5-3-7-17(19)14-24-20-12-15(10-11-23-20)21(26)25-13-16-6-2-4-8-18(16)22/h2-12H,13-14H2,1H3,(H,23,24)(H,25,26). The molecule has 0 spiro atoms. The van der Waals surface area contributed by atoms with Gasteiger partial charge in [0.1, 0.15) is 17.4 Å². The minimum absolute atomic E-state index is 0.123. The number of carbonyl (C=O) groups is 1. The summed E-state index contributed by atoms with van der Waals surface area (Å²) in [6.45, 7) is 0.634. The summed E-state index contributed by atoms with van der Waals surface area (Å²) < 4.78 is 19.0. The van der Waals surface area contributed by atoms with Crippen LogP contribution in [0.5, 0.6) is 5.75 Å². The summed E-state index contributed by atoms with van der Waals surface area (Å²) in [6, 6.07) is 17.3. The van der Waals surface area contributed by atoms with Gasteiger partial charge in [-0.15, -0.1) is 0 Å². The van der Waals surface area contributed by atoms with Crippen LogP contribution in [0, 0.1) is 5.82 Å². The fourth-order valence-corrected chi connectivity index (χ4v) is 2.62. The summed E-state index contributed by atoms with van der Waals surface area (Å²) in [5.41, 5.74) is 1.87. The molecule has 6 heteroatoms. The van der Waals surface area contributed by atoms with Gasteiger partial charge in [0.15, 0.2) is 0 Å². The van der Waals surface area contributed by atoms with Crippen molar-refractivity contribution in [1.29, 1.82) is 0 Å². The largest absolute Gasteiger partial charge is 0.496 e. The molecule has 0 saturated heterocycles. The maximum Gasteiger partial charge on any atom is 0.251 e. The number of anilines is 1. The van der Waals surface area contributed by atoms with Crippen molar-refractivity contribution in [1.82, 2.24) is 10.3 Å². The van der Waals surface area contributed by atoms with Crippen molar-refractivity contribution in [3.63, 3.8) is 0 Å². The third-order valence-corrected chi connectivity index (χ3v) is 4.07. The minimum atomic E-state index is -0.341. The molecule has 27 heavy (non-hydrogen) atoms. The second kappa shape index (κ2) is 8.80. The third kappa shape index (κ3) is 4.82. The maximum absolute atomic E-state index is 13.6. The van der Waals surface area contributed by atoms with Gasteiger partial charge in [0.2, 0.25) is 0 Å². The summed E-state index contributed by atoms with van der Waals surface area (Å²) in [5, 5.41) is 5.90. The Hall–Kier alpha value is -3.41. The van der Waals surface area contributed by atoms with E-state index in [0.717, 1.165) is 11.3 Å². The topological polar surface area (TPSA) is 63.2 Å². The Balaban J connectivity index is 1.62. The van der Waals surface area contributed by atoms with E-state index in [0.29, 0.717) is 23.5 Å². The molecule has 0 bridgehead atoms. The number of para-hydroxylation sites is 1. The molecule has 0 atom stereocenters. The Bertz CT molecular complexity index is 931. The van der Waals surface area contributed by atoms with Gasteiger partial charge in [0.25, 0.3) is 5.91 Å². The van der Waals surface area contributed by atoms with E-state index in [1.54, 1.807) is 43.6 Å². The van der Waals surface area contributed by atoms with Crippen LogP contribution in [0.1, 0.15) is 21.5 Å². The molecule has 2 N–H and O–H groups in total. The Morgan fingerprint density at radius 2 is 1.78 bits per heavy atom. The van der Waals surface area contributed by atoms with Crippen molar-refractivity contribution >= 4 is 11.7 Å². The number of benzene rings is 2. The van der Waals surface area contributed by atoms with E-state index in [-0.39, 0.29) is 18.3 Å². The molecule has 1 amide bonds. The SMILES string of the molecule is COc1ccccc1CNc1cc(C(=O)NCc2ccccc2F)ccn1. The van der Waals surface area contributed by atoms with Crippen LogP contribution in [0.4, 0.5) is 10.2 Å². The fourth-order valence-electron chi connectivity index (χ4n) is 2.62. The number of carbonyl (C=O) groups excluding carboxylic acids is 1. The Kier molecular flexibility index (Phi) is 5.99. The Labute approximate surface area is 157 Å². The predicted octanol–water partition coefficient (Wildman–Crippen LogP) is 3.77. The lowest BCUT2D eigenvalue weighted by Crippen LogP contribution is -2.23. The number of nitrogens with zero attached hydrogens (tertiary/aromatic N) is 1. The smallest absolute Gasteiger partial charge is 0.251 e. The molecule has 0 radical (unpaired) electrons. The molecule has 138 valence electrons. The van der Waals surface area contributed by atoms with Gasteiger partial charge in [-0.3, -0.25) is 4.79 Å². The average Bonchev–Trinajstić information content (AvgIpc) is 2.72. The first kappa shape index (κ1) is 18.4. The van der Waals surface area contributed by atoms with Gasteiger partial charge in [0.05, 0.1) is 7.11 Å². The lowest BCUT2D eigenvalue weighted by Gasteiger charge is -2.11. The number of halogens is 1. The van der Waals surface area contributed by atoms with Crippen LogP contribution in [0.15, 0.2) is 66.9 Å². The summed E-state index contributed by atoms with van der Waals surface area (Å²) in [4.78, 5) is 16.6. The first-order valence-electron chi connectivity index (χ1n) is 8.51. The number of rotatable bonds is 7. The first-order valence-corrected chi connectivity index (χ1v) is 8.51. The van der Waals surface area contributed by atoms with Crippen molar-refractivity contribution < 1.29 is 13.9 Å². The zero-order valence-electron chi connectivity index (χ0n) is 14.9. The molecule has 3 aromatic rings. The number of hydrogen-bond acceptors (Lipinski definition) is 4. The summed E-state index contributed by atoms with van der Waals surface area (Å²) >= 11 is 0. The van der Waals surface area contributed by atoms with E-state index in [9.17, 15) is 9.18 Å². The molecule has 0 aliphatic carbocycles. The summed E-state index contributed by atoms with van der Waals surface area (Å²) in [5.74, 6) is 0.718. The number of hydrogen-bond donors (Lipinski definition) is 2. The van der Waals surface area contributed by atoms with Crippen molar-refractivity contribution in [3.8, 4) is 5.75 Å². The zero-order valence-corrected chi connectivity index (χ0v) is 14.9. The van der Waals surface area contributed by atoms with Gasteiger partial charge in [-0.2, -0.15) is 0 Å². The van der Waals surface area contributed by atoms with Gasteiger partial charge >= 0.3 is 0 Å². The number of pyridine rings is 1. The van der Waals surface area contributed by atoms with Crippen molar-refractivity contribution in [3.05, 3.63) is 89.4 Å². The van der Waals surface area contributed by atoms with Crippen molar-refractivity contribution in [2.24, 2.45) is 0 Å². The van der Waals surface area contributed by atoms with Crippen LogP contribution in [0.3, 0.4) is 0 Å². The number of nitrogens with one attached hydrogen (secondary N) is 2. The number of aromatic nitrogens is 1. The highest BCUT2D eigenvalue weighted by Gasteiger charge is 2.09. The molecule has 0 saturated carbocycles. The molecule has 1 aromatic heterocycles. The highest BCUT2D eigenvalue weighted by atomic mass is 19.1. The second-order valence-corrected chi connectivity index (χ2v) is 5.87. The monoisotopic (exact) mass is 365 g/mol. The average molecular weight is 365 g/mol. The lowest BCUT2D eigenvalue weighted by molar-refractivity contribution is 0.0950. The van der Waals surface area contributed by atoms with E-state index in [1.807, 2.05) is 24.3 Å². The lowest BCUT2D eigenvalue weighted by atomic mass is 10.2. The summed E-state index contributed by atoms with van der Waals surface area (Å²) in [7, 11) is 1.62. The fraction of sp³-hybridized carbons (Fsp3) is 0.143. The van der Waals surface area contributed by atoms with Gasteiger partial charge in [-0.05, 0) is 24.3 Å². The molecule has 3 rings (SSSR count). The van der Waals surface area contributed by atoms with E-state index < -0.39 is 0 Å².